The van der Waals surface area contributed by atoms with E-state index < -0.39 is 0 Å². The van der Waals surface area contributed by atoms with E-state index in [0.717, 1.165) is 37.8 Å². The molecule has 1 aliphatic heterocycles. The molecule has 2 aliphatic rings. The van der Waals surface area contributed by atoms with Crippen LogP contribution in [0, 0.1) is 5.41 Å². The average molecular weight is 305 g/mol. The standard InChI is InChI=1S/C17H27N3O2/c1-21-13-10-19-16(18-9-5-15-4-2-12-22-15)20-11-8-17(14-20)6-3-7-17/h2,4,12H,3,5-11,13-14H2,1H3,(H,18,19). The molecule has 1 aromatic heterocycles. The van der Waals surface area contributed by atoms with Gasteiger partial charge in [-0.2, -0.15) is 0 Å². The number of ether oxygens (including phenoxy) is 1. The maximum Gasteiger partial charge on any atom is 0.194 e. The number of furan rings is 1. The van der Waals surface area contributed by atoms with E-state index in [0.29, 0.717) is 18.6 Å². The van der Waals surface area contributed by atoms with E-state index in [1.807, 2.05) is 12.1 Å². The second-order valence-electron chi connectivity index (χ2n) is 6.48. The van der Waals surface area contributed by atoms with Crippen molar-refractivity contribution in [3.8, 4) is 0 Å². The second kappa shape index (κ2) is 7.18. The number of methoxy groups -OCH3 is 1. The number of nitrogens with zero attached hydrogens (tertiary/aromatic N) is 2. The van der Waals surface area contributed by atoms with Crippen molar-refractivity contribution in [1.82, 2.24) is 10.2 Å². The molecule has 3 rings (SSSR count). The molecule has 1 aromatic rings. The Morgan fingerprint density at radius 3 is 3.00 bits per heavy atom. The summed E-state index contributed by atoms with van der Waals surface area (Å²) in [6.45, 7) is 4.51. The van der Waals surface area contributed by atoms with Gasteiger partial charge >= 0.3 is 0 Å². The highest BCUT2D eigenvalue weighted by Gasteiger charge is 2.43. The van der Waals surface area contributed by atoms with E-state index in [1.165, 1.54) is 25.7 Å². The Kier molecular flexibility index (Phi) is 5.03. The van der Waals surface area contributed by atoms with E-state index in [1.54, 1.807) is 13.4 Å². The van der Waals surface area contributed by atoms with Crippen LogP contribution in [0.25, 0.3) is 0 Å². The van der Waals surface area contributed by atoms with Gasteiger partial charge in [0.2, 0.25) is 0 Å². The first-order chi connectivity index (χ1) is 10.8. The summed E-state index contributed by atoms with van der Waals surface area (Å²) >= 11 is 0. The molecule has 0 atom stereocenters. The lowest BCUT2D eigenvalue weighted by atomic mass is 9.68. The van der Waals surface area contributed by atoms with Crippen LogP contribution in [0.5, 0.6) is 0 Å². The van der Waals surface area contributed by atoms with Crippen molar-refractivity contribution in [2.75, 3.05) is 39.9 Å². The van der Waals surface area contributed by atoms with Crippen LogP contribution in [0.2, 0.25) is 0 Å². The lowest BCUT2D eigenvalue weighted by Crippen LogP contribution is -2.43. The van der Waals surface area contributed by atoms with Gasteiger partial charge in [-0.15, -0.1) is 0 Å². The summed E-state index contributed by atoms with van der Waals surface area (Å²) in [6.07, 6.45) is 8.10. The lowest BCUT2D eigenvalue weighted by molar-refractivity contribution is 0.151. The summed E-state index contributed by atoms with van der Waals surface area (Å²) in [5.74, 6) is 2.05. The minimum atomic E-state index is 0.588. The molecule has 2 fully saturated rings. The number of guanidine groups is 1. The fourth-order valence-electron chi connectivity index (χ4n) is 3.46. The van der Waals surface area contributed by atoms with Crippen LogP contribution in [0.4, 0.5) is 0 Å². The van der Waals surface area contributed by atoms with E-state index in [9.17, 15) is 0 Å². The van der Waals surface area contributed by atoms with Crippen molar-refractivity contribution in [3.63, 3.8) is 0 Å². The van der Waals surface area contributed by atoms with Crippen molar-refractivity contribution < 1.29 is 9.15 Å². The Balaban J connectivity index is 1.53. The quantitative estimate of drug-likeness (QED) is 0.498. The van der Waals surface area contributed by atoms with E-state index in [4.69, 9.17) is 14.1 Å². The van der Waals surface area contributed by atoms with Crippen molar-refractivity contribution in [1.29, 1.82) is 0 Å². The van der Waals surface area contributed by atoms with Crippen LogP contribution in [-0.4, -0.2) is 50.8 Å². The van der Waals surface area contributed by atoms with Crippen LogP contribution in [0.3, 0.4) is 0 Å². The van der Waals surface area contributed by atoms with E-state index in [-0.39, 0.29) is 0 Å². The third-order valence-electron chi connectivity index (χ3n) is 4.94. The van der Waals surface area contributed by atoms with E-state index >= 15 is 0 Å². The summed E-state index contributed by atoms with van der Waals surface area (Å²) < 4.78 is 10.5. The highest BCUT2D eigenvalue weighted by molar-refractivity contribution is 5.80. The second-order valence-corrected chi connectivity index (χ2v) is 6.48. The van der Waals surface area contributed by atoms with Gasteiger partial charge in [0.1, 0.15) is 5.76 Å². The maximum absolute atomic E-state index is 5.39. The molecule has 5 heteroatoms. The van der Waals surface area contributed by atoms with Crippen LogP contribution in [-0.2, 0) is 11.2 Å². The smallest absolute Gasteiger partial charge is 0.194 e. The summed E-state index contributed by atoms with van der Waals surface area (Å²) in [4.78, 5) is 7.14. The molecule has 1 spiro atoms. The third-order valence-corrected chi connectivity index (χ3v) is 4.94. The van der Waals surface area contributed by atoms with Crippen molar-refractivity contribution >= 4 is 5.96 Å². The molecule has 0 aromatic carbocycles. The Labute approximate surface area is 132 Å². The van der Waals surface area contributed by atoms with Gasteiger partial charge in [0.15, 0.2) is 5.96 Å². The van der Waals surface area contributed by atoms with Gasteiger partial charge in [0.05, 0.1) is 19.4 Å². The fourth-order valence-corrected chi connectivity index (χ4v) is 3.46. The first-order valence-corrected chi connectivity index (χ1v) is 8.36. The fraction of sp³-hybridized carbons (Fsp3) is 0.706. The minimum absolute atomic E-state index is 0.588. The van der Waals surface area contributed by atoms with Crippen LogP contribution in [0.1, 0.15) is 31.4 Å². The van der Waals surface area contributed by atoms with Crippen molar-refractivity contribution in [2.24, 2.45) is 10.4 Å². The van der Waals surface area contributed by atoms with E-state index in [2.05, 4.69) is 10.2 Å². The van der Waals surface area contributed by atoms with Gasteiger partial charge in [-0.1, -0.05) is 6.42 Å². The predicted octanol–water partition coefficient (Wildman–Crippen LogP) is 2.29. The minimum Gasteiger partial charge on any atom is -0.469 e. The number of aliphatic imine (C=N–C) groups is 1. The van der Waals surface area contributed by atoms with Crippen molar-refractivity contribution in [2.45, 2.75) is 32.1 Å². The first kappa shape index (κ1) is 15.4. The molecule has 2 heterocycles. The number of hydrogen-bond acceptors (Lipinski definition) is 3. The summed E-state index contributed by atoms with van der Waals surface area (Å²) in [6, 6.07) is 3.95. The zero-order valence-electron chi connectivity index (χ0n) is 13.5. The van der Waals surface area contributed by atoms with Crippen molar-refractivity contribution in [3.05, 3.63) is 24.2 Å². The molecule has 122 valence electrons. The SMILES string of the molecule is COCCN=C(NCCc1ccco1)N1CCC2(CCC2)C1. The molecule has 0 unspecified atom stereocenters. The third kappa shape index (κ3) is 3.64. The molecule has 0 radical (unpaired) electrons. The highest BCUT2D eigenvalue weighted by Crippen LogP contribution is 2.47. The number of nitrogens with one attached hydrogen (secondary N) is 1. The number of hydrogen-bond donors (Lipinski definition) is 1. The normalized spacial score (nSPS) is 20.4. The van der Waals surface area contributed by atoms with Gasteiger partial charge in [0, 0.05) is 33.2 Å². The Bertz CT molecular complexity index is 480. The van der Waals surface area contributed by atoms with Crippen LogP contribution >= 0.6 is 0 Å². The molecule has 0 bridgehead atoms. The molecule has 1 saturated heterocycles. The molecule has 1 N–H and O–H groups in total. The molecule has 1 aliphatic carbocycles. The maximum atomic E-state index is 5.39. The number of rotatable bonds is 6. The zero-order chi connectivity index (χ0) is 15.3. The molecule has 22 heavy (non-hydrogen) atoms. The summed E-state index contributed by atoms with van der Waals surface area (Å²) in [5, 5.41) is 3.51. The van der Waals surface area contributed by atoms with Crippen LogP contribution < -0.4 is 5.32 Å². The highest BCUT2D eigenvalue weighted by atomic mass is 16.5. The molecule has 0 amide bonds. The Morgan fingerprint density at radius 2 is 2.36 bits per heavy atom. The number of likely N-dealkylation sites (tertiary alicyclic amines) is 1. The summed E-state index contributed by atoms with van der Waals surface area (Å²) in [7, 11) is 1.72. The summed E-state index contributed by atoms with van der Waals surface area (Å²) in [5.41, 5.74) is 0.588. The first-order valence-electron chi connectivity index (χ1n) is 8.36. The monoisotopic (exact) mass is 305 g/mol. The van der Waals surface area contributed by atoms with Gasteiger partial charge in [-0.05, 0) is 36.8 Å². The molecule has 1 saturated carbocycles. The topological polar surface area (TPSA) is 50.0 Å². The molecular formula is C17H27N3O2. The van der Waals surface area contributed by atoms with Gasteiger partial charge in [-0.25, -0.2) is 0 Å². The van der Waals surface area contributed by atoms with Gasteiger partial charge in [-0.3, -0.25) is 4.99 Å². The largest absolute Gasteiger partial charge is 0.469 e. The Morgan fingerprint density at radius 1 is 1.45 bits per heavy atom. The lowest BCUT2D eigenvalue weighted by Gasteiger charge is -2.38. The van der Waals surface area contributed by atoms with Gasteiger partial charge < -0.3 is 19.4 Å². The zero-order valence-corrected chi connectivity index (χ0v) is 13.5. The Hall–Kier alpha value is -1.49. The van der Waals surface area contributed by atoms with Gasteiger partial charge in [0.25, 0.3) is 0 Å². The molecular weight excluding hydrogens is 278 g/mol. The molecule has 5 nitrogen and oxygen atoms in total. The average Bonchev–Trinajstić information content (AvgIpc) is 3.15. The van der Waals surface area contributed by atoms with Crippen LogP contribution in [0.15, 0.2) is 27.8 Å². The predicted molar refractivity (Wildman–Crippen MR) is 87.1 cm³/mol.